The first-order valence-electron chi connectivity index (χ1n) is 9.25. The monoisotopic (exact) mass is 444 g/mol. The van der Waals surface area contributed by atoms with Gasteiger partial charge in [0.25, 0.3) is 5.56 Å². The Balaban J connectivity index is 1.89. The Bertz CT molecular complexity index is 1250. The van der Waals surface area contributed by atoms with Gasteiger partial charge in [-0.1, -0.05) is 18.2 Å². The Hall–Kier alpha value is -4.28. The molecule has 0 radical (unpaired) electrons. The van der Waals surface area contributed by atoms with Crippen molar-refractivity contribution >= 4 is 17.7 Å². The molecule has 0 bridgehead atoms. The van der Waals surface area contributed by atoms with Gasteiger partial charge in [-0.3, -0.25) is 14.9 Å². The number of benzene rings is 2. The van der Waals surface area contributed by atoms with E-state index in [1.807, 2.05) is 0 Å². The molecule has 0 spiro atoms. The van der Waals surface area contributed by atoms with Gasteiger partial charge in [0.15, 0.2) is 11.4 Å². The lowest BCUT2D eigenvalue weighted by molar-refractivity contribution is -0.137. The predicted octanol–water partition coefficient (Wildman–Crippen LogP) is 2.77. The fourth-order valence-corrected chi connectivity index (χ4v) is 3.03. The Labute approximate surface area is 179 Å². The highest BCUT2D eigenvalue weighted by Crippen LogP contribution is 2.27. The van der Waals surface area contributed by atoms with Crippen molar-refractivity contribution in [2.24, 2.45) is 7.05 Å². The zero-order valence-corrected chi connectivity index (χ0v) is 16.7. The predicted molar refractivity (Wildman–Crippen MR) is 110 cm³/mol. The number of aliphatic carboxylic acids is 1. The summed E-state index contributed by atoms with van der Waals surface area (Å²) in [5, 5.41) is 27.3. The van der Waals surface area contributed by atoms with E-state index >= 15 is 0 Å². The minimum Gasteiger partial charge on any atom is -0.504 e. The summed E-state index contributed by atoms with van der Waals surface area (Å²) in [4.78, 5) is 35.8. The normalized spacial score (nSPS) is 11.6. The van der Waals surface area contributed by atoms with E-state index in [0.29, 0.717) is 11.1 Å². The quantitative estimate of drug-likeness (QED) is 0.462. The molecule has 1 unspecified atom stereocenters. The van der Waals surface area contributed by atoms with Gasteiger partial charge in [-0.05, 0) is 29.3 Å². The van der Waals surface area contributed by atoms with Gasteiger partial charge in [0, 0.05) is 18.7 Å². The van der Waals surface area contributed by atoms with Crippen molar-refractivity contribution in [2.75, 3.05) is 5.32 Å². The van der Waals surface area contributed by atoms with Crippen LogP contribution in [0, 0.1) is 11.6 Å². The van der Waals surface area contributed by atoms with Crippen molar-refractivity contribution < 1.29 is 28.6 Å². The van der Waals surface area contributed by atoms with Crippen molar-refractivity contribution in [1.29, 1.82) is 0 Å². The van der Waals surface area contributed by atoms with E-state index in [2.05, 4.69) is 15.7 Å². The lowest BCUT2D eigenvalue weighted by Gasteiger charge is -2.19. The van der Waals surface area contributed by atoms with Crippen LogP contribution in [0.15, 0.2) is 53.5 Å². The van der Waals surface area contributed by atoms with Crippen LogP contribution in [0.4, 0.5) is 19.3 Å². The highest BCUT2D eigenvalue weighted by atomic mass is 19.1. The summed E-state index contributed by atoms with van der Waals surface area (Å²) in [6, 6.07) is 7.13. The molecule has 0 aliphatic carbocycles. The molecule has 0 saturated carbocycles. The van der Waals surface area contributed by atoms with Gasteiger partial charge in [-0.25, -0.2) is 18.3 Å². The fraction of sp³-hybridized carbons (Fsp3) is 0.143. The molecule has 0 saturated heterocycles. The number of carboxylic acids is 1. The lowest BCUT2D eigenvalue weighted by atomic mass is 9.97. The molecule has 0 fully saturated rings. The largest absolute Gasteiger partial charge is 0.504 e. The summed E-state index contributed by atoms with van der Waals surface area (Å²) in [6.45, 7) is 0. The van der Waals surface area contributed by atoms with Crippen LogP contribution in [-0.4, -0.2) is 32.0 Å². The molecular formula is C21H18F2N4O5. The number of halogens is 2. The number of aryl methyl sites for hydroxylation is 1. The summed E-state index contributed by atoms with van der Waals surface area (Å²) in [5.41, 5.74) is -0.439. The maximum Gasteiger partial charge on any atom is 0.319 e. The first kappa shape index (κ1) is 22.4. The van der Waals surface area contributed by atoms with E-state index in [4.69, 9.17) is 0 Å². The molecular weight excluding hydrogens is 426 g/mol. The van der Waals surface area contributed by atoms with Crippen LogP contribution in [0.5, 0.6) is 5.75 Å². The molecule has 1 heterocycles. The number of rotatable bonds is 6. The molecule has 11 heteroatoms. The molecule has 1 aromatic heterocycles. The first-order valence-corrected chi connectivity index (χ1v) is 9.25. The third-order valence-electron chi connectivity index (χ3n) is 4.57. The SMILES string of the molecule is Cn1ncc(O)c(NC(=O)NC(CC(=O)O)c2cccc(-c3ccc(F)cc3F)c2)c1=O. The van der Waals surface area contributed by atoms with Crippen LogP contribution in [0.25, 0.3) is 11.1 Å². The summed E-state index contributed by atoms with van der Waals surface area (Å²) in [7, 11) is 1.32. The molecule has 3 aromatic rings. The van der Waals surface area contributed by atoms with Crippen molar-refractivity contribution in [3.05, 3.63) is 76.2 Å². The second-order valence-corrected chi connectivity index (χ2v) is 6.83. The Morgan fingerprint density at radius 2 is 1.94 bits per heavy atom. The number of nitrogens with one attached hydrogen (secondary N) is 2. The zero-order valence-electron chi connectivity index (χ0n) is 16.7. The van der Waals surface area contributed by atoms with Gasteiger partial charge in [-0.2, -0.15) is 5.10 Å². The van der Waals surface area contributed by atoms with Crippen LogP contribution in [0.3, 0.4) is 0 Å². The van der Waals surface area contributed by atoms with Crippen molar-refractivity contribution in [1.82, 2.24) is 15.1 Å². The smallest absolute Gasteiger partial charge is 0.319 e. The van der Waals surface area contributed by atoms with Gasteiger partial charge in [0.2, 0.25) is 0 Å². The number of hydrogen-bond donors (Lipinski definition) is 4. The molecule has 32 heavy (non-hydrogen) atoms. The molecule has 4 N–H and O–H groups in total. The Morgan fingerprint density at radius 1 is 1.19 bits per heavy atom. The number of carboxylic acid groups (broad SMARTS) is 1. The number of nitrogens with zero attached hydrogens (tertiary/aromatic N) is 2. The number of carbonyl (C=O) groups is 2. The molecule has 0 aliphatic heterocycles. The summed E-state index contributed by atoms with van der Waals surface area (Å²) < 4.78 is 28.3. The number of anilines is 1. The molecule has 9 nitrogen and oxygen atoms in total. The number of aromatic hydroxyl groups is 1. The van der Waals surface area contributed by atoms with Crippen LogP contribution < -0.4 is 16.2 Å². The van der Waals surface area contributed by atoms with Gasteiger partial charge in [-0.15, -0.1) is 0 Å². The van der Waals surface area contributed by atoms with Crippen LogP contribution >= 0.6 is 0 Å². The molecule has 2 amide bonds. The summed E-state index contributed by atoms with van der Waals surface area (Å²) >= 11 is 0. The molecule has 2 aromatic carbocycles. The maximum atomic E-state index is 14.2. The average Bonchev–Trinajstić information content (AvgIpc) is 2.73. The van der Waals surface area contributed by atoms with Crippen molar-refractivity contribution in [2.45, 2.75) is 12.5 Å². The molecule has 3 rings (SSSR count). The van der Waals surface area contributed by atoms with Gasteiger partial charge in [0.05, 0.1) is 18.7 Å². The lowest BCUT2D eigenvalue weighted by Crippen LogP contribution is -2.36. The van der Waals surface area contributed by atoms with E-state index in [0.717, 1.165) is 23.0 Å². The third kappa shape index (κ3) is 5.06. The third-order valence-corrected chi connectivity index (χ3v) is 4.57. The molecule has 0 aliphatic rings. The zero-order chi connectivity index (χ0) is 23.4. The van der Waals surface area contributed by atoms with Gasteiger partial charge in [0.1, 0.15) is 11.6 Å². The van der Waals surface area contributed by atoms with Crippen LogP contribution in [0.1, 0.15) is 18.0 Å². The van der Waals surface area contributed by atoms with E-state index in [-0.39, 0.29) is 5.56 Å². The topological polar surface area (TPSA) is 134 Å². The minimum atomic E-state index is -1.23. The number of hydrogen-bond acceptors (Lipinski definition) is 5. The standard InChI is InChI=1S/C21H18F2N4O5/c1-27-20(31)19(17(28)10-24-27)26-21(32)25-16(9-18(29)30)12-4-2-3-11(7-12)14-6-5-13(22)8-15(14)23/h2-8,10,16,28H,9H2,1H3,(H,29,30)(H2,25,26,32). The van der Waals surface area contributed by atoms with E-state index in [1.54, 1.807) is 6.07 Å². The second-order valence-electron chi connectivity index (χ2n) is 6.83. The second kappa shape index (κ2) is 9.25. The van der Waals surface area contributed by atoms with E-state index in [1.165, 1.54) is 31.3 Å². The summed E-state index contributed by atoms with van der Waals surface area (Å²) in [5.74, 6) is -3.33. The van der Waals surface area contributed by atoms with Crippen LogP contribution in [0.2, 0.25) is 0 Å². The number of aromatic nitrogens is 2. The van der Waals surface area contributed by atoms with Crippen molar-refractivity contribution in [3.63, 3.8) is 0 Å². The van der Waals surface area contributed by atoms with Crippen LogP contribution in [-0.2, 0) is 11.8 Å². The maximum absolute atomic E-state index is 14.2. The number of carbonyl (C=O) groups excluding carboxylic acids is 1. The highest BCUT2D eigenvalue weighted by molar-refractivity contribution is 5.91. The highest BCUT2D eigenvalue weighted by Gasteiger charge is 2.21. The van der Waals surface area contributed by atoms with E-state index in [9.17, 15) is 33.4 Å². The van der Waals surface area contributed by atoms with E-state index < -0.39 is 53.1 Å². The number of urea groups is 1. The Kier molecular flexibility index (Phi) is 6.47. The average molecular weight is 444 g/mol. The van der Waals surface area contributed by atoms with Gasteiger partial charge >= 0.3 is 12.0 Å². The molecule has 166 valence electrons. The molecule has 1 atom stereocenters. The van der Waals surface area contributed by atoms with Crippen molar-refractivity contribution in [3.8, 4) is 16.9 Å². The minimum absolute atomic E-state index is 0.0944. The fourth-order valence-electron chi connectivity index (χ4n) is 3.03. The van der Waals surface area contributed by atoms with Gasteiger partial charge < -0.3 is 15.5 Å². The number of amides is 2. The first-order chi connectivity index (χ1) is 15.2. The summed E-state index contributed by atoms with van der Waals surface area (Å²) in [6.07, 6.45) is 0.440. The Morgan fingerprint density at radius 3 is 2.62 bits per heavy atom.